The number of nitrogens with one attached hydrogen (secondary N) is 1. The van der Waals surface area contributed by atoms with Gasteiger partial charge in [0.25, 0.3) is 11.6 Å². The summed E-state index contributed by atoms with van der Waals surface area (Å²) in [6.07, 6.45) is 0. The molecule has 0 atom stereocenters. The predicted octanol–water partition coefficient (Wildman–Crippen LogP) is 0.817. The molecule has 114 valence electrons. The van der Waals surface area contributed by atoms with E-state index in [9.17, 15) is 19.7 Å². The number of carboxylic acids is 1. The first kappa shape index (κ1) is 16.2. The van der Waals surface area contributed by atoms with Crippen LogP contribution in [0.1, 0.15) is 17.3 Å². The highest BCUT2D eigenvalue weighted by Gasteiger charge is 2.24. The van der Waals surface area contributed by atoms with Crippen molar-refractivity contribution >= 4 is 17.6 Å². The Morgan fingerprint density at radius 3 is 2.52 bits per heavy atom. The number of benzene rings is 1. The van der Waals surface area contributed by atoms with Crippen molar-refractivity contribution in [2.24, 2.45) is 0 Å². The van der Waals surface area contributed by atoms with Gasteiger partial charge >= 0.3 is 5.97 Å². The van der Waals surface area contributed by atoms with Crippen LogP contribution in [-0.2, 0) is 4.79 Å². The number of ether oxygens (including phenoxy) is 2. The van der Waals surface area contributed by atoms with Crippen LogP contribution >= 0.6 is 0 Å². The number of carbonyl (C=O) groups is 2. The minimum Gasteiger partial charge on any atom is -0.493 e. The first-order valence-electron chi connectivity index (χ1n) is 5.89. The molecule has 9 heteroatoms. The van der Waals surface area contributed by atoms with E-state index >= 15 is 0 Å². The Hall–Kier alpha value is -2.84. The van der Waals surface area contributed by atoms with Gasteiger partial charge in [-0.15, -0.1) is 0 Å². The second-order valence-electron chi connectivity index (χ2n) is 3.79. The van der Waals surface area contributed by atoms with Gasteiger partial charge in [0.05, 0.1) is 24.7 Å². The number of nitrogens with zero attached hydrogens (tertiary/aromatic N) is 1. The molecule has 0 aliphatic heterocycles. The van der Waals surface area contributed by atoms with Gasteiger partial charge in [-0.25, -0.2) is 0 Å². The number of nitro groups is 1. The molecule has 1 rings (SSSR count). The van der Waals surface area contributed by atoms with Gasteiger partial charge in [-0.3, -0.25) is 19.7 Å². The molecule has 0 fully saturated rings. The SMILES string of the molecule is CCOc1cc(C(=O)NCC(=O)O)c([N+](=O)[O-])cc1OC. The summed E-state index contributed by atoms with van der Waals surface area (Å²) in [5.41, 5.74) is -0.802. The van der Waals surface area contributed by atoms with Crippen molar-refractivity contribution in [2.75, 3.05) is 20.3 Å². The van der Waals surface area contributed by atoms with Gasteiger partial charge in [0.2, 0.25) is 0 Å². The van der Waals surface area contributed by atoms with Crippen molar-refractivity contribution in [1.29, 1.82) is 0 Å². The molecule has 0 bridgehead atoms. The lowest BCUT2D eigenvalue weighted by molar-refractivity contribution is -0.385. The molecule has 0 radical (unpaired) electrons. The standard InChI is InChI=1S/C12H14N2O7/c1-3-21-10-4-7(12(17)13-6-11(15)16)8(14(18)19)5-9(10)20-2/h4-5H,3,6H2,1-2H3,(H,13,17)(H,15,16). The van der Waals surface area contributed by atoms with E-state index in [4.69, 9.17) is 14.6 Å². The quantitative estimate of drug-likeness (QED) is 0.563. The first-order chi connectivity index (χ1) is 9.90. The van der Waals surface area contributed by atoms with Gasteiger partial charge in [-0.1, -0.05) is 0 Å². The molecule has 1 aromatic rings. The Bertz CT molecular complexity index is 571. The summed E-state index contributed by atoms with van der Waals surface area (Å²) in [6, 6.07) is 2.21. The fourth-order valence-electron chi connectivity index (χ4n) is 1.56. The summed E-state index contributed by atoms with van der Waals surface area (Å²) < 4.78 is 10.2. The number of hydrogen-bond donors (Lipinski definition) is 2. The number of aliphatic carboxylic acids is 1. The molecular weight excluding hydrogens is 284 g/mol. The van der Waals surface area contributed by atoms with Gasteiger partial charge in [0, 0.05) is 6.07 Å². The van der Waals surface area contributed by atoms with Crippen molar-refractivity contribution in [2.45, 2.75) is 6.92 Å². The van der Waals surface area contributed by atoms with Crippen LogP contribution < -0.4 is 14.8 Å². The number of carbonyl (C=O) groups excluding carboxylic acids is 1. The normalized spacial score (nSPS) is 9.81. The molecule has 0 heterocycles. The van der Waals surface area contributed by atoms with Crippen molar-refractivity contribution in [3.8, 4) is 11.5 Å². The lowest BCUT2D eigenvalue weighted by Gasteiger charge is -2.11. The maximum Gasteiger partial charge on any atom is 0.322 e. The second kappa shape index (κ2) is 7.08. The van der Waals surface area contributed by atoms with E-state index in [-0.39, 0.29) is 23.7 Å². The summed E-state index contributed by atoms with van der Waals surface area (Å²) in [5.74, 6) is -1.87. The minimum absolute atomic E-state index is 0.110. The van der Waals surface area contributed by atoms with Gasteiger partial charge < -0.3 is 19.9 Å². The molecule has 1 amide bonds. The highest BCUT2D eigenvalue weighted by Crippen LogP contribution is 2.34. The van der Waals surface area contributed by atoms with E-state index < -0.39 is 29.0 Å². The van der Waals surface area contributed by atoms with E-state index in [0.29, 0.717) is 0 Å². The third-order valence-corrected chi connectivity index (χ3v) is 2.42. The topological polar surface area (TPSA) is 128 Å². The Morgan fingerprint density at radius 2 is 2.05 bits per heavy atom. The molecular formula is C12H14N2O7. The summed E-state index contributed by atoms with van der Waals surface area (Å²) in [7, 11) is 1.31. The highest BCUT2D eigenvalue weighted by molar-refractivity contribution is 6.00. The van der Waals surface area contributed by atoms with E-state index in [1.807, 2.05) is 0 Å². The van der Waals surface area contributed by atoms with Gasteiger partial charge in [-0.2, -0.15) is 0 Å². The van der Waals surface area contributed by atoms with Gasteiger partial charge in [0.1, 0.15) is 12.1 Å². The predicted molar refractivity (Wildman–Crippen MR) is 70.8 cm³/mol. The van der Waals surface area contributed by atoms with Crippen LogP contribution in [0.2, 0.25) is 0 Å². The number of carboxylic acid groups (broad SMARTS) is 1. The van der Waals surface area contributed by atoms with Crippen LogP contribution in [0.5, 0.6) is 11.5 Å². The lowest BCUT2D eigenvalue weighted by atomic mass is 10.1. The Labute approximate surface area is 119 Å². The molecule has 0 aliphatic carbocycles. The van der Waals surface area contributed by atoms with Crippen LogP contribution in [0.3, 0.4) is 0 Å². The van der Waals surface area contributed by atoms with Crippen LogP contribution in [-0.4, -0.2) is 42.2 Å². The molecule has 1 aromatic carbocycles. The van der Waals surface area contributed by atoms with Crippen molar-refractivity contribution in [1.82, 2.24) is 5.32 Å². The summed E-state index contributed by atoms with van der Waals surface area (Å²) >= 11 is 0. The molecule has 0 spiro atoms. The average molecular weight is 298 g/mol. The lowest BCUT2D eigenvalue weighted by Crippen LogP contribution is -2.29. The van der Waals surface area contributed by atoms with Crippen molar-refractivity contribution in [3.05, 3.63) is 27.8 Å². The molecule has 21 heavy (non-hydrogen) atoms. The summed E-state index contributed by atoms with van der Waals surface area (Å²) in [5, 5.41) is 21.6. The van der Waals surface area contributed by atoms with E-state index in [2.05, 4.69) is 5.32 Å². The summed E-state index contributed by atoms with van der Waals surface area (Å²) in [4.78, 5) is 32.5. The van der Waals surface area contributed by atoms with Crippen LogP contribution in [0.15, 0.2) is 12.1 Å². The molecule has 2 N–H and O–H groups in total. The third-order valence-electron chi connectivity index (χ3n) is 2.42. The zero-order valence-electron chi connectivity index (χ0n) is 11.4. The molecule has 0 aliphatic rings. The second-order valence-corrected chi connectivity index (χ2v) is 3.79. The number of rotatable bonds is 7. The average Bonchev–Trinajstić information content (AvgIpc) is 2.44. The number of methoxy groups -OCH3 is 1. The largest absolute Gasteiger partial charge is 0.493 e. The maximum absolute atomic E-state index is 11.9. The Kier molecular flexibility index (Phi) is 5.47. The van der Waals surface area contributed by atoms with E-state index in [1.54, 1.807) is 6.92 Å². The van der Waals surface area contributed by atoms with Crippen LogP contribution in [0.25, 0.3) is 0 Å². The summed E-state index contributed by atoms with van der Waals surface area (Å²) in [6.45, 7) is 1.32. The Balaban J connectivity index is 3.26. The Morgan fingerprint density at radius 1 is 1.38 bits per heavy atom. The number of hydrogen-bond acceptors (Lipinski definition) is 6. The molecule has 0 unspecified atom stereocenters. The fraction of sp³-hybridized carbons (Fsp3) is 0.333. The number of nitro benzene ring substituents is 1. The van der Waals surface area contributed by atoms with Gasteiger partial charge in [0.15, 0.2) is 11.5 Å². The molecule has 0 saturated carbocycles. The molecule has 0 saturated heterocycles. The molecule has 0 aromatic heterocycles. The van der Waals surface area contributed by atoms with Crippen molar-refractivity contribution in [3.63, 3.8) is 0 Å². The fourth-order valence-corrected chi connectivity index (χ4v) is 1.56. The zero-order chi connectivity index (χ0) is 16.0. The van der Waals surface area contributed by atoms with Crippen molar-refractivity contribution < 1.29 is 29.1 Å². The van der Waals surface area contributed by atoms with Crippen LogP contribution in [0, 0.1) is 10.1 Å². The first-order valence-corrected chi connectivity index (χ1v) is 5.89. The molecule has 9 nitrogen and oxygen atoms in total. The number of amides is 1. The van der Waals surface area contributed by atoms with E-state index in [1.165, 1.54) is 7.11 Å². The minimum atomic E-state index is -1.26. The maximum atomic E-state index is 11.9. The van der Waals surface area contributed by atoms with Crippen LogP contribution in [0.4, 0.5) is 5.69 Å². The monoisotopic (exact) mass is 298 g/mol. The smallest absolute Gasteiger partial charge is 0.322 e. The third kappa shape index (κ3) is 4.06. The van der Waals surface area contributed by atoms with Gasteiger partial charge in [-0.05, 0) is 6.92 Å². The van der Waals surface area contributed by atoms with E-state index in [0.717, 1.165) is 12.1 Å². The highest BCUT2D eigenvalue weighted by atomic mass is 16.6. The zero-order valence-corrected chi connectivity index (χ0v) is 11.4.